The van der Waals surface area contributed by atoms with Gasteiger partial charge in [0.25, 0.3) is 0 Å². The van der Waals surface area contributed by atoms with E-state index in [1.807, 2.05) is 0 Å². The normalized spacial score (nSPS) is 44.7. The number of aliphatic hydroxyl groups excluding tert-OH is 3. The van der Waals surface area contributed by atoms with Gasteiger partial charge in [0.1, 0.15) is 30.5 Å². The van der Waals surface area contributed by atoms with Crippen LogP contribution in [0, 0.1) is 5.92 Å². The Morgan fingerprint density at radius 1 is 0.711 bits per heavy atom. The van der Waals surface area contributed by atoms with E-state index < -0.39 is 96.0 Å². The molecular weight excluding hydrogens is 616 g/mol. The predicted molar refractivity (Wildman–Crippen MR) is 161 cm³/mol. The molecule has 18 heteroatoms. The van der Waals surface area contributed by atoms with E-state index in [-0.39, 0.29) is 56.2 Å². The molecular formula is C27H54N6O11S. The Balaban J connectivity index is 1.54. The minimum Gasteiger partial charge on any atom is -0.394 e. The Hall–Kier alpha value is -0.650. The van der Waals surface area contributed by atoms with Gasteiger partial charge in [-0.15, -0.1) is 0 Å². The molecule has 45 heavy (non-hydrogen) atoms. The van der Waals surface area contributed by atoms with Gasteiger partial charge < -0.3 is 78.1 Å². The summed E-state index contributed by atoms with van der Waals surface area (Å²) < 4.78 is 61.8. The van der Waals surface area contributed by atoms with E-state index in [2.05, 4.69) is 0 Å². The second kappa shape index (κ2) is 16.6. The molecule has 4 aliphatic rings. The summed E-state index contributed by atoms with van der Waals surface area (Å²) in [6, 6.07) is -1.84. The van der Waals surface area contributed by atoms with Gasteiger partial charge in [-0.25, -0.2) is 8.42 Å². The Morgan fingerprint density at radius 3 is 1.80 bits per heavy atom. The molecule has 0 aromatic carbocycles. The Kier molecular flexibility index (Phi) is 13.7. The standard InChI is InChI=1S/C27H54N6O11S/c28-6-1-7-45(37,38)12-13-8-18(33)22(42-25-16(31)4-2-14(9-29)39-25)24(20(13)35)44-27-21(36)23(19(11-34)41-27)43-26-17(32)5-3-15(10-30)40-26/h13-27,34-36H,1-12,28-33H2/t13-,14-,15+,16+,17+,18-,19+,20-,21+,22+,23+,24+,25+,26+,27-/m0/s1. The van der Waals surface area contributed by atoms with E-state index in [9.17, 15) is 23.7 Å². The minimum atomic E-state index is -3.59. The van der Waals surface area contributed by atoms with E-state index in [1.54, 1.807) is 0 Å². The first-order valence-electron chi connectivity index (χ1n) is 15.9. The highest BCUT2D eigenvalue weighted by atomic mass is 32.2. The van der Waals surface area contributed by atoms with Crippen molar-refractivity contribution in [3.05, 3.63) is 0 Å². The molecule has 1 aliphatic carbocycles. The molecule has 0 radical (unpaired) electrons. The number of sulfone groups is 1. The summed E-state index contributed by atoms with van der Waals surface area (Å²) in [7, 11) is -3.59. The van der Waals surface area contributed by atoms with E-state index in [4.69, 9.17) is 62.8 Å². The van der Waals surface area contributed by atoms with Crippen molar-refractivity contribution >= 4 is 9.84 Å². The molecule has 264 valence electrons. The molecule has 0 aromatic rings. The maximum absolute atomic E-state index is 12.8. The van der Waals surface area contributed by atoms with Crippen molar-refractivity contribution in [2.45, 2.75) is 124 Å². The summed E-state index contributed by atoms with van der Waals surface area (Å²) in [5, 5.41) is 33.0. The maximum Gasteiger partial charge on any atom is 0.187 e. The fraction of sp³-hybridized carbons (Fsp3) is 1.00. The first-order chi connectivity index (χ1) is 21.4. The largest absolute Gasteiger partial charge is 0.394 e. The van der Waals surface area contributed by atoms with Crippen LogP contribution in [0.25, 0.3) is 0 Å². The van der Waals surface area contributed by atoms with Crippen molar-refractivity contribution in [2.24, 2.45) is 40.3 Å². The van der Waals surface area contributed by atoms with E-state index in [0.29, 0.717) is 25.7 Å². The molecule has 4 rings (SSSR count). The van der Waals surface area contributed by atoms with Crippen LogP contribution >= 0.6 is 0 Å². The number of ether oxygens (including phenoxy) is 6. The third-order valence-corrected chi connectivity index (χ3v) is 11.0. The SMILES string of the molecule is NCCCS(=O)(=O)C[C@@H]1C[C@H](N)[C@@H](O[C@H]2O[C@H](CN)CC[C@H]2N)[C@H](O[C@@H]2O[C@H](CO)[C@@H](O[C@H]3O[C@@H](CN)CC[C@H]3N)[C@H]2O)[C@H]1O. The van der Waals surface area contributed by atoms with Gasteiger partial charge in [-0.1, -0.05) is 0 Å². The highest BCUT2D eigenvalue weighted by molar-refractivity contribution is 7.91. The molecule has 0 amide bonds. The fourth-order valence-electron chi connectivity index (χ4n) is 6.50. The smallest absolute Gasteiger partial charge is 0.187 e. The number of nitrogens with two attached hydrogens (primary N) is 6. The lowest BCUT2D eigenvalue weighted by Gasteiger charge is -2.46. The lowest BCUT2D eigenvalue weighted by atomic mass is 9.80. The third-order valence-electron chi connectivity index (χ3n) is 9.13. The second-order valence-electron chi connectivity index (χ2n) is 12.6. The zero-order valence-electron chi connectivity index (χ0n) is 25.6. The third kappa shape index (κ3) is 9.28. The summed E-state index contributed by atoms with van der Waals surface area (Å²) >= 11 is 0. The molecule has 0 bridgehead atoms. The summed E-state index contributed by atoms with van der Waals surface area (Å²) in [4.78, 5) is 0. The minimum absolute atomic E-state index is 0.0914. The zero-order valence-corrected chi connectivity index (χ0v) is 26.4. The summed E-state index contributed by atoms with van der Waals surface area (Å²) in [6.07, 6.45) is -8.40. The van der Waals surface area contributed by atoms with E-state index >= 15 is 0 Å². The second-order valence-corrected chi connectivity index (χ2v) is 14.9. The van der Waals surface area contributed by atoms with Crippen LogP contribution < -0.4 is 34.4 Å². The van der Waals surface area contributed by atoms with Crippen LogP contribution in [0.4, 0.5) is 0 Å². The van der Waals surface area contributed by atoms with Crippen molar-refractivity contribution in [1.82, 2.24) is 0 Å². The molecule has 3 heterocycles. The number of aliphatic hydroxyl groups is 3. The topological polar surface area (TPSA) is 306 Å². The molecule has 0 unspecified atom stereocenters. The first-order valence-corrected chi connectivity index (χ1v) is 17.7. The molecule has 0 spiro atoms. The molecule has 3 saturated heterocycles. The molecule has 15 atom stereocenters. The van der Waals surface area contributed by atoms with Crippen molar-refractivity contribution in [3.63, 3.8) is 0 Å². The van der Waals surface area contributed by atoms with Crippen LogP contribution in [0.2, 0.25) is 0 Å². The molecule has 4 fully saturated rings. The number of rotatable bonds is 14. The lowest BCUT2D eigenvalue weighted by molar-refractivity contribution is -0.290. The van der Waals surface area contributed by atoms with Gasteiger partial charge in [0.2, 0.25) is 0 Å². The molecule has 1 saturated carbocycles. The van der Waals surface area contributed by atoms with Gasteiger partial charge in [-0.2, -0.15) is 0 Å². The maximum atomic E-state index is 12.8. The predicted octanol–water partition coefficient (Wildman–Crippen LogP) is -4.73. The van der Waals surface area contributed by atoms with Crippen LogP contribution in [0.1, 0.15) is 38.5 Å². The van der Waals surface area contributed by atoms with Gasteiger partial charge in [-0.05, 0) is 45.1 Å². The molecule has 0 aromatic heterocycles. The Labute approximate surface area is 264 Å². The van der Waals surface area contributed by atoms with Gasteiger partial charge in [-0.3, -0.25) is 0 Å². The van der Waals surface area contributed by atoms with Crippen LogP contribution in [-0.2, 0) is 38.3 Å². The quantitative estimate of drug-likeness (QED) is 0.0838. The summed E-state index contributed by atoms with van der Waals surface area (Å²) in [5.41, 5.74) is 36.1. The highest BCUT2D eigenvalue weighted by Gasteiger charge is 2.53. The fourth-order valence-corrected chi connectivity index (χ4v) is 8.26. The number of hydrogen-bond acceptors (Lipinski definition) is 17. The number of hydrogen-bond donors (Lipinski definition) is 9. The van der Waals surface area contributed by atoms with Crippen molar-refractivity contribution in [3.8, 4) is 0 Å². The van der Waals surface area contributed by atoms with Crippen LogP contribution in [0.15, 0.2) is 0 Å². The van der Waals surface area contributed by atoms with Gasteiger partial charge in [0, 0.05) is 25.0 Å². The Morgan fingerprint density at radius 2 is 1.27 bits per heavy atom. The van der Waals surface area contributed by atoms with Crippen molar-refractivity contribution in [1.29, 1.82) is 0 Å². The first kappa shape index (κ1) is 37.2. The molecule has 3 aliphatic heterocycles. The van der Waals surface area contributed by atoms with Gasteiger partial charge in [0.05, 0.1) is 48.5 Å². The molecule has 17 nitrogen and oxygen atoms in total. The van der Waals surface area contributed by atoms with Crippen molar-refractivity contribution in [2.75, 3.05) is 37.7 Å². The van der Waals surface area contributed by atoms with Crippen LogP contribution in [0.5, 0.6) is 0 Å². The monoisotopic (exact) mass is 670 g/mol. The Bertz CT molecular complexity index is 1020. The van der Waals surface area contributed by atoms with E-state index in [1.165, 1.54) is 0 Å². The molecule has 15 N–H and O–H groups in total. The van der Waals surface area contributed by atoms with Crippen molar-refractivity contribution < 1.29 is 52.2 Å². The average molecular weight is 671 g/mol. The summed E-state index contributed by atoms with van der Waals surface area (Å²) in [6.45, 7) is 0.176. The average Bonchev–Trinajstić information content (AvgIpc) is 3.31. The van der Waals surface area contributed by atoms with Crippen LogP contribution in [0.3, 0.4) is 0 Å². The van der Waals surface area contributed by atoms with Gasteiger partial charge in [0.15, 0.2) is 28.7 Å². The van der Waals surface area contributed by atoms with Gasteiger partial charge >= 0.3 is 0 Å². The summed E-state index contributed by atoms with van der Waals surface area (Å²) in [5.74, 6) is -1.33. The highest BCUT2D eigenvalue weighted by Crippen LogP contribution is 2.36. The lowest BCUT2D eigenvalue weighted by Crippen LogP contribution is -2.63. The van der Waals surface area contributed by atoms with Crippen LogP contribution in [-0.4, -0.2) is 147 Å². The van der Waals surface area contributed by atoms with E-state index in [0.717, 1.165) is 0 Å². The zero-order chi connectivity index (χ0) is 32.9.